The topological polar surface area (TPSA) is 53.4 Å². The van der Waals surface area contributed by atoms with Crippen LogP contribution in [-0.2, 0) is 11.3 Å². The highest BCUT2D eigenvalue weighted by Gasteiger charge is 2.21. The van der Waals surface area contributed by atoms with Gasteiger partial charge in [0.05, 0.1) is 0 Å². The summed E-state index contributed by atoms with van der Waals surface area (Å²) in [7, 11) is 0. The van der Waals surface area contributed by atoms with Crippen LogP contribution in [0.5, 0.6) is 0 Å². The van der Waals surface area contributed by atoms with Gasteiger partial charge in [-0.2, -0.15) is 5.10 Å². The van der Waals surface area contributed by atoms with Gasteiger partial charge in [-0.3, -0.25) is 9.48 Å². The zero-order chi connectivity index (χ0) is 18.2. The van der Waals surface area contributed by atoms with Crippen molar-refractivity contribution in [1.82, 2.24) is 24.9 Å². The van der Waals surface area contributed by atoms with E-state index in [0.717, 1.165) is 32.7 Å². The average Bonchev–Trinajstić information content (AvgIpc) is 2.96. The molecule has 0 radical (unpaired) electrons. The molecule has 26 heavy (non-hydrogen) atoms. The Hall–Kier alpha value is -1.40. The zero-order valence-electron chi connectivity index (χ0n) is 16.3. The maximum absolute atomic E-state index is 12.8. The van der Waals surface area contributed by atoms with Gasteiger partial charge in [0.1, 0.15) is 6.54 Å². The van der Waals surface area contributed by atoms with E-state index in [9.17, 15) is 4.79 Å². The molecule has 2 aliphatic heterocycles. The second-order valence-electron chi connectivity index (χ2n) is 7.69. The predicted molar refractivity (Wildman–Crippen MR) is 104 cm³/mol. The molecule has 1 aromatic heterocycles. The zero-order valence-corrected chi connectivity index (χ0v) is 16.3. The van der Waals surface area contributed by atoms with Crippen LogP contribution in [0.3, 0.4) is 0 Å². The molecule has 6 nitrogen and oxygen atoms in total. The van der Waals surface area contributed by atoms with Gasteiger partial charge in [0.25, 0.3) is 0 Å². The van der Waals surface area contributed by atoms with Crippen LogP contribution in [-0.4, -0.2) is 71.3 Å². The van der Waals surface area contributed by atoms with Crippen LogP contribution in [0.4, 0.5) is 0 Å². The number of nitrogens with zero attached hydrogens (tertiary/aromatic N) is 4. The Morgan fingerprint density at radius 2 is 2.08 bits per heavy atom. The summed E-state index contributed by atoms with van der Waals surface area (Å²) in [6.07, 6.45) is 9.51. The monoisotopic (exact) mass is 361 g/mol. The fraction of sp³-hybridized carbons (Fsp3) is 0.800. The Labute approximate surface area is 157 Å². The van der Waals surface area contributed by atoms with Crippen molar-refractivity contribution in [3.63, 3.8) is 0 Å². The Morgan fingerprint density at radius 1 is 1.27 bits per heavy atom. The standard InChI is InChI=1S/C20H35N5O/c1-2-24(15-14-23-12-5-3-4-6-13-23)20(26)17-25-19(9-11-22-25)18-8-7-10-21-16-18/h9,11,18,21H,2-8,10,12-17H2,1H3. The average molecular weight is 362 g/mol. The van der Waals surface area contributed by atoms with Crippen molar-refractivity contribution < 1.29 is 4.79 Å². The fourth-order valence-corrected chi connectivity index (χ4v) is 4.24. The van der Waals surface area contributed by atoms with Gasteiger partial charge in [-0.05, 0) is 58.3 Å². The molecular weight excluding hydrogens is 326 g/mol. The molecule has 1 N–H and O–H groups in total. The lowest BCUT2D eigenvalue weighted by molar-refractivity contribution is -0.132. The number of hydrogen-bond acceptors (Lipinski definition) is 4. The predicted octanol–water partition coefficient (Wildman–Crippen LogP) is 2.07. The van der Waals surface area contributed by atoms with Crippen LogP contribution in [0, 0.1) is 0 Å². The minimum Gasteiger partial charge on any atom is -0.340 e. The van der Waals surface area contributed by atoms with Crippen molar-refractivity contribution in [3.8, 4) is 0 Å². The van der Waals surface area contributed by atoms with Gasteiger partial charge in [0.2, 0.25) is 5.91 Å². The molecule has 1 unspecified atom stereocenters. The van der Waals surface area contributed by atoms with E-state index < -0.39 is 0 Å². The summed E-state index contributed by atoms with van der Waals surface area (Å²) < 4.78 is 1.93. The molecule has 3 rings (SSSR count). The molecule has 1 aromatic rings. The molecule has 3 heterocycles. The minimum absolute atomic E-state index is 0.191. The summed E-state index contributed by atoms with van der Waals surface area (Å²) in [4.78, 5) is 17.4. The maximum Gasteiger partial charge on any atom is 0.244 e. The number of likely N-dealkylation sites (N-methyl/N-ethyl adjacent to an activating group) is 1. The van der Waals surface area contributed by atoms with E-state index in [4.69, 9.17) is 0 Å². The van der Waals surface area contributed by atoms with Crippen LogP contribution in [0.15, 0.2) is 12.3 Å². The van der Waals surface area contributed by atoms with E-state index in [2.05, 4.69) is 28.3 Å². The van der Waals surface area contributed by atoms with Crippen molar-refractivity contribution in [2.24, 2.45) is 0 Å². The molecule has 0 saturated carbocycles. The molecule has 6 heteroatoms. The second kappa shape index (κ2) is 10.1. The molecule has 146 valence electrons. The lowest BCUT2D eigenvalue weighted by Crippen LogP contribution is -2.41. The summed E-state index contributed by atoms with van der Waals surface area (Å²) in [5, 5.41) is 7.90. The number of amides is 1. The molecule has 2 fully saturated rings. The van der Waals surface area contributed by atoms with Crippen LogP contribution in [0.2, 0.25) is 0 Å². The first-order chi connectivity index (χ1) is 12.8. The van der Waals surface area contributed by atoms with Crippen LogP contribution >= 0.6 is 0 Å². The first kappa shape index (κ1) is 19.4. The lowest BCUT2D eigenvalue weighted by atomic mass is 9.96. The molecule has 0 aliphatic carbocycles. The number of carbonyl (C=O) groups excluding carboxylic acids is 1. The van der Waals surface area contributed by atoms with Crippen molar-refractivity contribution in [2.75, 3.05) is 45.8 Å². The second-order valence-corrected chi connectivity index (χ2v) is 7.69. The third kappa shape index (κ3) is 5.30. The van der Waals surface area contributed by atoms with E-state index in [0.29, 0.717) is 12.5 Å². The van der Waals surface area contributed by atoms with Crippen molar-refractivity contribution in [3.05, 3.63) is 18.0 Å². The smallest absolute Gasteiger partial charge is 0.244 e. The molecule has 0 aromatic carbocycles. The van der Waals surface area contributed by atoms with Crippen LogP contribution in [0.1, 0.15) is 57.1 Å². The first-order valence-corrected chi connectivity index (χ1v) is 10.5. The van der Waals surface area contributed by atoms with Gasteiger partial charge >= 0.3 is 0 Å². The molecular formula is C20H35N5O. The van der Waals surface area contributed by atoms with Crippen LogP contribution < -0.4 is 5.32 Å². The van der Waals surface area contributed by atoms with E-state index in [1.54, 1.807) is 0 Å². The van der Waals surface area contributed by atoms with Crippen LogP contribution in [0.25, 0.3) is 0 Å². The number of nitrogens with one attached hydrogen (secondary N) is 1. The largest absolute Gasteiger partial charge is 0.340 e. The SMILES string of the molecule is CCN(CCN1CCCCCC1)C(=O)Cn1nccc1C1CCCNC1. The number of aromatic nitrogens is 2. The molecule has 2 saturated heterocycles. The number of piperidine rings is 1. The number of likely N-dealkylation sites (tertiary alicyclic amines) is 1. The van der Waals surface area contributed by atoms with E-state index in [1.807, 2.05) is 15.8 Å². The van der Waals surface area contributed by atoms with E-state index in [-0.39, 0.29) is 5.91 Å². The summed E-state index contributed by atoms with van der Waals surface area (Å²) >= 11 is 0. The van der Waals surface area contributed by atoms with Gasteiger partial charge in [-0.15, -0.1) is 0 Å². The Balaban J connectivity index is 1.53. The summed E-state index contributed by atoms with van der Waals surface area (Å²) in [5.41, 5.74) is 1.20. The molecule has 1 atom stereocenters. The molecule has 2 aliphatic rings. The highest BCUT2D eigenvalue weighted by atomic mass is 16.2. The maximum atomic E-state index is 12.8. The number of rotatable bonds is 7. The van der Waals surface area contributed by atoms with Gasteiger partial charge < -0.3 is 15.1 Å². The molecule has 0 spiro atoms. The molecule has 1 amide bonds. The van der Waals surface area contributed by atoms with Crippen molar-refractivity contribution >= 4 is 5.91 Å². The van der Waals surface area contributed by atoms with E-state index in [1.165, 1.54) is 57.3 Å². The number of carbonyl (C=O) groups is 1. The lowest BCUT2D eigenvalue weighted by Gasteiger charge is -2.27. The van der Waals surface area contributed by atoms with E-state index >= 15 is 0 Å². The van der Waals surface area contributed by atoms with Gasteiger partial charge in [-0.25, -0.2) is 0 Å². The highest BCUT2D eigenvalue weighted by molar-refractivity contribution is 5.76. The first-order valence-electron chi connectivity index (χ1n) is 10.5. The summed E-state index contributed by atoms with van der Waals surface area (Å²) in [5.74, 6) is 0.669. The summed E-state index contributed by atoms with van der Waals surface area (Å²) in [6, 6.07) is 2.08. The van der Waals surface area contributed by atoms with Crippen molar-refractivity contribution in [2.45, 2.75) is 57.9 Å². The molecule has 0 bridgehead atoms. The van der Waals surface area contributed by atoms with Gasteiger partial charge in [0.15, 0.2) is 0 Å². The minimum atomic E-state index is 0.191. The fourth-order valence-electron chi connectivity index (χ4n) is 4.24. The number of hydrogen-bond donors (Lipinski definition) is 1. The Kier molecular flexibility index (Phi) is 7.50. The van der Waals surface area contributed by atoms with Gasteiger partial charge in [0, 0.05) is 44.0 Å². The van der Waals surface area contributed by atoms with Gasteiger partial charge in [-0.1, -0.05) is 12.8 Å². The normalized spacial score (nSPS) is 22.1. The quantitative estimate of drug-likeness (QED) is 0.808. The van der Waals surface area contributed by atoms with Crippen molar-refractivity contribution in [1.29, 1.82) is 0 Å². The Bertz CT molecular complexity index is 544. The third-order valence-electron chi connectivity index (χ3n) is 5.87. The Morgan fingerprint density at radius 3 is 2.77 bits per heavy atom. The highest BCUT2D eigenvalue weighted by Crippen LogP contribution is 2.22. The third-order valence-corrected chi connectivity index (χ3v) is 5.87. The summed E-state index contributed by atoms with van der Waals surface area (Å²) in [6.45, 7) is 9.51.